The molecule has 0 fully saturated rings. The van der Waals surface area contributed by atoms with Crippen molar-refractivity contribution < 1.29 is 22.1 Å². The first kappa shape index (κ1) is 24.1. The van der Waals surface area contributed by atoms with E-state index < -0.39 is 0 Å². The number of rotatable bonds is 7. The lowest BCUT2D eigenvalue weighted by Gasteiger charge is -2.06. The minimum Gasteiger partial charge on any atom is -1.00 e. The molecule has 0 amide bonds. The van der Waals surface area contributed by atoms with Crippen LogP contribution in [0.1, 0.15) is 12.1 Å². The number of aromatic nitrogens is 4. The standard InChI is InChI=1S/C13H23N6O.3ClH/c1-11-12(14)13(17(2)16-11)15-4-3-5-18-6-7-19(10-18)8-9-20;;;/h6-7,10,15,20H,3-5,8-9,14H2,1-2H3;3*1H/q+1;;;/p-1. The van der Waals surface area contributed by atoms with Crippen LogP contribution in [0.5, 0.6) is 0 Å². The summed E-state index contributed by atoms with van der Waals surface area (Å²) in [7, 11) is 1.88. The number of halogens is 3. The van der Waals surface area contributed by atoms with E-state index in [1.54, 1.807) is 4.68 Å². The molecule has 0 aliphatic carbocycles. The van der Waals surface area contributed by atoms with Gasteiger partial charge in [-0.2, -0.15) is 5.10 Å². The third-order valence-corrected chi connectivity index (χ3v) is 3.26. The highest BCUT2D eigenvalue weighted by atomic mass is 35.5. The predicted molar refractivity (Wildman–Crippen MR) is 91.7 cm³/mol. The molecule has 0 aromatic carbocycles. The number of anilines is 2. The number of aliphatic hydroxyl groups excluding tert-OH is 1. The lowest BCUT2D eigenvalue weighted by Crippen LogP contribution is -3.00. The molecule has 4 N–H and O–H groups in total. The zero-order valence-corrected chi connectivity index (χ0v) is 15.7. The number of aliphatic hydroxyl groups is 1. The average Bonchev–Trinajstić information content (AvgIpc) is 2.94. The highest BCUT2D eigenvalue weighted by Crippen LogP contribution is 2.20. The molecule has 0 unspecified atom stereocenters. The Morgan fingerprint density at radius 3 is 2.65 bits per heavy atom. The van der Waals surface area contributed by atoms with Gasteiger partial charge in [-0.05, 0) is 6.92 Å². The molecule has 0 atom stereocenters. The van der Waals surface area contributed by atoms with Gasteiger partial charge in [0.15, 0.2) is 0 Å². The molecular formula is C13H25Cl3N6O. The Bertz CT molecular complexity index is 572. The van der Waals surface area contributed by atoms with Crippen molar-refractivity contribution in [3.8, 4) is 0 Å². The molecule has 2 aromatic rings. The van der Waals surface area contributed by atoms with Crippen molar-refractivity contribution in [1.82, 2.24) is 14.3 Å². The van der Waals surface area contributed by atoms with Gasteiger partial charge >= 0.3 is 0 Å². The lowest BCUT2D eigenvalue weighted by atomic mass is 10.3. The molecule has 0 aliphatic rings. The Morgan fingerprint density at radius 1 is 1.39 bits per heavy atom. The molecule has 2 rings (SSSR count). The topological polar surface area (TPSA) is 84.9 Å². The molecule has 0 radical (unpaired) electrons. The maximum atomic E-state index is 8.86. The first-order valence-corrected chi connectivity index (χ1v) is 6.80. The molecule has 2 aromatic heterocycles. The number of nitrogens with two attached hydrogens (primary N) is 1. The highest BCUT2D eigenvalue weighted by molar-refractivity contribution is 5.85. The van der Waals surface area contributed by atoms with Crippen LogP contribution in [0.3, 0.4) is 0 Å². The summed E-state index contributed by atoms with van der Waals surface area (Å²) >= 11 is 0. The predicted octanol–water partition coefficient (Wildman–Crippen LogP) is -2.26. The SMILES string of the molecule is Cc1nn(C)c(NCCC[n+]2ccn(CCO)c2)c1N.Cl.Cl.[Cl-]. The zero-order chi connectivity index (χ0) is 14.5. The van der Waals surface area contributed by atoms with E-state index in [1.165, 1.54) is 0 Å². The summed E-state index contributed by atoms with van der Waals surface area (Å²) in [5, 5.41) is 16.5. The van der Waals surface area contributed by atoms with Crippen LogP contribution < -0.4 is 28.0 Å². The van der Waals surface area contributed by atoms with Gasteiger partial charge in [0.2, 0.25) is 6.33 Å². The van der Waals surface area contributed by atoms with E-state index in [2.05, 4.69) is 15.0 Å². The van der Waals surface area contributed by atoms with E-state index in [-0.39, 0.29) is 43.8 Å². The van der Waals surface area contributed by atoms with E-state index in [4.69, 9.17) is 10.8 Å². The zero-order valence-electron chi connectivity index (χ0n) is 13.3. The summed E-state index contributed by atoms with van der Waals surface area (Å²) < 4.78 is 5.85. The first-order valence-electron chi connectivity index (χ1n) is 6.80. The summed E-state index contributed by atoms with van der Waals surface area (Å²) in [5.74, 6) is 0.880. The Morgan fingerprint density at radius 2 is 2.09 bits per heavy atom. The van der Waals surface area contributed by atoms with Crippen LogP contribution >= 0.6 is 24.8 Å². The van der Waals surface area contributed by atoms with Gasteiger partial charge in [-0.1, -0.05) is 0 Å². The largest absolute Gasteiger partial charge is 1.00 e. The molecule has 10 heteroatoms. The van der Waals surface area contributed by atoms with Crippen molar-refractivity contribution in [1.29, 1.82) is 0 Å². The maximum Gasteiger partial charge on any atom is 0.243 e. The van der Waals surface area contributed by atoms with Crippen molar-refractivity contribution in [2.24, 2.45) is 7.05 Å². The average molecular weight is 388 g/mol. The number of nitrogens with one attached hydrogen (secondary N) is 1. The number of aryl methyl sites for hydroxylation is 3. The summed E-state index contributed by atoms with van der Waals surface area (Å²) in [6, 6.07) is 0. The molecule has 2 heterocycles. The molecule has 7 nitrogen and oxygen atoms in total. The number of hydrogen-bond donors (Lipinski definition) is 3. The van der Waals surface area contributed by atoms with Crippen LogP contribution in [0, 0.1) is 6.92 Å². The van der Waals surface area contributed by atoms with E-state index in [9.17, 15) is 0 Å². The van der Waals surface area contributed by atoms with Crippen molar-refractivity contribution >= 4 is 36.3 Å². The molecule has 0 bridgehead atoms. The van der Waals surface area contributed by atoms with Gasteiger partial charge < -0.3 is 28.6 Å². The van der Waals surface area contributed by atoms with Gasteiger partial charge in [0.1, 0.15) is 24.8 Å². The second-order valence-electron chi connectivity index (χ2n) is 4.86. The van der Waals surface area contributed by atoms with Crippen LogP contribution in [0.25, 0.3) is 0 Å². The summed E-state index contributed by atoms with van der Waals surface area (Å²) in [6.45, 7) is 4.45. The fraction of sp³-hybridized carbons (Fsp3) is 0.538. The Kier molecular flexibility index (Phi) is 11.9. The van der Waals surface area contributed by atoms with Gasteiger partial charge in [-0.15, -0.1) is 24.8 Å². The van der Waals surface area contributed by atoms with Crippen LogP contribution in [0.4, 0.5) is 11.5 Å². The number of nitrogens with zero attached hydrogens (tertiary/aromatic N) is 4. The van der Waals surface area contributed by atoms with Gasteiger partial charge in [0, 0.05) is 20.0 Å². The van der Waals surface area contributed by atoms with Gasteiger partial charge in [0.25, 0.3) is 0 Å². The number of nitrogen functional groups attached to an aromatic ring is 1. The molecule has 0 saturated heterocycles. The Balaban J connectivity index is 0. The third kappa shape index (κ3) is 6.47. The minimum absolute atomic E-state index is 0. The van der Waals surface area contributed by atoms with Gasteiger partial charge in [-0.3, -0.25) is 4.68 Å². The van der Waals surface area contributed by atoms with E-state index in [1.807, 2.05) is 37.3 Å². The van der Waals surface area contributed by atoms with Crippen molar-refractivity contribution in [3.63, 3.8) is 0 Å². The summed E-state index contributed by atoms with van der Waals surface area (Å²) in [4.78, 5) is 0. The van der Waals surface area contributed by atoms with Crippen LogP contribution in [0.2, 0.25) is 0 Å². The fourth-order valence-electron chi connectivity index (χ4n) is 2.17. The van der Waals surface area contributed by atoms with E-state index in [0.29, 0.717) is 12.2 Å². The fourth-order valence-corrected chi connectivity index (χ4v) is 2.17. The second kappa shape index (κ2) is 11.4. The third-order valence-electron chi connectivity index (χ3n) is 3.26. The Labute approximate surface area is 155 Å². The van der Waals surface area contributed by atoms with Crippen LogP contribution in [-0.4, -0.2) is 32.6 Å². The summed E-state index contributed by atoms with van der Waals surface area (Å²) in [5.41, 5.74) is 7.52. The molecule has 0 saturated carbocycles. The molecule has 23 heavy (non-hydrogen) atoms. The van der Waals surface area contributed by atoms with Gasteiger partial charge in [-0.25, -0.2) is 9.13 Å². The smallest absolute Gasteiger partial charge is 0.243 e. The lowest BCUT2D eigenvalue weighted by molar-refractivity contribution is -0.696. The number of hydrogen-bond acceptors (Lipinski definition) is 4. The van der Waals surface area contributed by atoms with Crippen LogP contribution in [-0.2, 0) is 20.1 Å². The molecular weight excluding hydrogens is 363 g/mol. The molecule has 0 aliphatic heterocycles. The van der Waals surface area contributed by atoms with Crippen molar-refractivity contribution in [2.75, 3.05) is 24.2 Å². The van der Waals surface area contributed by atoms with E-state index in [0.717, 1.165) is 31.0 Å². The maximum absolute atomic E-state index is 8.86. The highest BCUT2D eigenvalue weighted by Gasteiger charge is 2.09. The Hall–Kier alpha value is -1.15. The molecule has 134 valence electrons. The minimum atomic E-state index is 0. The quantitative estimate of drug-likeness (QED) is 0.370. The number of imidazole rings is 1. The van der Waals surface area contributed by atoms with E-state index >= 15 is 0 Å². The second-order valence-corrected chi connectivity index (χ2v) is 4.86. The monoisotopic (exact) mass is 386 g/mol. The van der Waals surface area contributed by atoms with Gasteiger partial charge in [0.05, 0.1) is 24.5 Å². The normalized spacial score (nSPS) is 9.52. The first-order chi connectivity index (χ1) is 9.61. The van der Waals surface area contributed by atoms with Crippen molar-refractivity contribution in [2.45, 2.75) is 26.4 Å². The van der Waals surface area contributed by atoms with Crippen LogP contribution in [0.15, 0.2) is 18.7 Å². The molecule has 0 spiro atoms. The van der Waals surface area contributed by atoms with Crippen molar-refractivity contribution in [3.05, 3.63) is 24.4 Å². The summed E-state index contributed by atoms with van der Waals surface area (Å²) in [6.07, 6.45) is 6.96.